The zero-order valence-electron chi connectivity index (χ0n) is 22.2. The Morgan fingerprint density at radius 2 is 0.625 bits per heavy atom. The lowest BCUT2D eigenvalue weighted by Gasteiger charge is -2.04. The van der Waals surface area contributed by atoms with E-state index in [9.17, 15) is 4.79 Å². The number of carboxylic acids is 1. The van der Waals surface area contributed by atoms with Gasteiger partial charge in [-0.25, -0.2) is 0 Å². The predicted molar refractivity (Wildman–Crippen MR) is 141 cm³/mol. The second kappa shape index (κ2) is 32.6. The molecule has 0 heterocycles. The molecule has 0 aromatic heterocycles. The zero-order valence-corrected chi connectivity index (χ0v) is 22.2. The Hall–Kier alpha value is -0.570. The van der Waals surface area contributed by atoms with E-state index in [0.29, 0.717) is 6.61 Å². The maximum absolute atomic E-state index is 9.37. The largest absolute Gasteiger partial charge is 0.481 e. The van der Waals surface area contributed by atoms with Gasteiger partial charge in [-0.2, -0.15) is 0 Å². The molecule has 0 radical (unpaired) electrons. The summed E-state index contributed by atoms with van der Waals surface area (Å²) in [4.78, 5) is 9.37. The molecule has 2 N–H and O–H groups in total. The van der Waals surface area contributed by atoms with E-state index in [1.807, 2.05) is 0 Å². The fourth-order valence-electron chi connectivity index (χ4n) is 4.07. The van der Waals surface area contributed by atoms with E-state index in [0.717, 1.165) is 6.42 Å². The van der Waals surface area contributed by atoms with Crippen molar-refractivity contribution in [3.63, 3.8) is 0 Å². The summed E-state index contributed by atoms with van der Waals surface area (Å²) in [5.41, 5.74) is 0. The molecule has 0 bridgehead atoms. The van der Waals surface area contributed by atoms with Gasteiger partial charge in [-0.3, -0.25) is 4.79 Å². The van der Waals surface area contributed by atoms with Gasteiger partial charge in [0.15, 0.2) is 0 Å². The minimum Gasteiger partial charge on any atom is -0.481 e. The first-order valence-electron chi connectivity index (χ1n) is 14.5. The van der Waals surface area contributed by atoms with Gasteiger partial charge in [-0.05, 0) is 6.42 Å². The summed E-state index contributed by atoms with van der Waals surface area (Å²) >= 11 is 0. The Kier molecular flexibility index (Phi) is 34.2. The average Bonchev–Trinajstić information content (AvgIpc) is 2.80. The normalized spacial score (nSPS) is 10.7. The second-order valence-corrected chi connectivity index (χ2v) is 9.60. The number of rotatable bonds is 25. The number of aliphatic carboxylic acids is 1. The van der Waals surface area contributed by atoms with Crippen LogP contribution in [0.1, 0.15) is 174 Å². The molecule has 0 aromatic rings. The van der Waals surface area contributed by atoms with Gasteiger partial charge in [-0.1, -0.05) is 162 Å². The number of unbranched alkanes of at least 4 members (excludes halogenated alkanes) is 23. The van der Waals surface area contributed by atoms with Crippen molar-refractivity contribution in [2.75, 3.05) is 6.61 Å². The molecule has 0 aliphatic heterocycles. The van der Waals surface area contributed by atoms with Crippen molar-refractivity contribution in [1.82, 2.24) is 0 Å². The standard InChI is InChI=1S/C26H54O.C3H6O2/c1-2-3-4-5-6-7-8-9-10-11-12-13-14-15-16-17-18-19-20-21-22-23-24-25-26-27;1-2-3(4)5/h27H,2-26H2,1H3;2H2,1H3,(H,4,5). The van der Waals surface area contributed by atoms with Crippen molar-refractivity contribution in [1.29, 1.82) is 0 Å². The molecule has 0 unspecified atom stereocenters. The molecule has 0 saturated carbocycles. The topological polar surface area (TPSA) is 57.5 Å². The number of hydrogen-bond acceptors (Lipinski definition) is 2. The monoisotopic (exact) mass is 456 g/mol. The summed E-state index contributed by atoms with van der Waals surface area (Å²) in [7, 11) is 0. The minimum atomic E-state index is -0.745. The highest BCUT2D eigenvalue weighted by molar-refractivity contribution is 5.66. The Balaban J connectivity index is 0. The third-order valence-electron chi connectivity index (χ3n) is 6.31. The van der Waals surface area contributed by atoms with Crippen molar-refractivity contribution < 1.29 is 15.0 Å². The van der Waals surface area contributed by atoms with Crippen LogP contribution in [0.15, 0.2) is 0 Å². The molecule has 0 rings (SSSR count). The van der Waals surface area contributed by atoms with Crippen LogP contribution < -0.4 is 0 Å². The van der Waals surface area contributed by atoms with Crippen molar-refractivity contribution in [3.8, 4) is 0 Å². The van der Waals surface area contributed by atoms with E-state index in [1.165, 1.54) is 148 Å². The van der Waals surface area contributed by atoms with Crippen LogP contribution in [0.5, 0.6) is 0 Å². The van der Waals surface area contributed by atoms with Crippen LogP contribution in [0.25, 0.3) is 0 Å². The highest BCUT2D eigenvalue weighted by atomic mass is 16.4. The van der Waals surface area contributed by atoms with Crippen LogP contribution in [0.2, 0.25) is 0 Å². The van der Waals surface area contributed by atoms with Crippen LogP contribution in [-0.2, 0) is 4.79 Å². The number of hydrogen-bond donors (Lipinski definition) is 2. The Labute approximate surface area is 202 Å². The molecule has 3 heteroatoms. The molecule has 0 aliphatic carbocycles. The van der Waals surface area contributed by atoms with Gasteiger partial charge >= 0.3 is 5.97 Å². The molecule has 0 aliphatic rings. The predicted octanol–water partition coefficient (Wildman–Crippen LogP) is 9.84. The first-order valence-corrected chi connectivity index (χ1v) is 14.5. The van der Waals surface area contributed by atoms with Crippen molar-refractivity contribution >= 4 is 5.97 Å². The molecule has 0 fully saturated rings. The van der Waals surface area contributed by atoms with E-state index in [4.69, 9.17) is 10.2 Å². The number of carbonyl (C=O) groups is 1. The van der Waals surface area contributed by atoms with E-state index in [1.54, 1.807) is 6.92 Å². The number of carboxylic acid groups (broad SMARTS) is 1. The summed E-state index contributed by atoms with van der Waals surface area (Å²) in [5, 5.41) is 16.5. The molecule has 0 aromatic carbocycles. The zero-order chi connectivity index (χ0) is 24.0. The van der Waals surface area contributed by atoms with Gasteiger partial charge in [0.05, 0.1) is 0 Å². The minimum absolute atomic E-state index is 0.222. The number of aliphatic hydroxyl groups excluding tert-OH is 1. The highest BCUT2D eigenvalue weighted by Gasteiger charge is 1.96. The van der Waals surface area contributed by atoms with Crippen molar-refractivity contribution in [3.05, 3.63) is 0 Å². The van der Waals surface area contributed by atoms with E-state index in [2.05, 4.69) is 6.92 Å². The Morgan fingerprint density at radius 3 is 0.781 bits per heavy atom. The third kappa shape index (κ3) is 36.8. The second-order valence-electron chi connectivity index (χ2n) is 9.60. The van der Waals surface area contributed by atoms with Crippen LogP contribution >= 0.6 is 0 Å². The van der Waals surface area contributed by atoms with Crippen LogP contribution in [0, 0.1) is 0 Å². The number of aliphatic hydroxyl groups is 1. The third-order valence-corrected chi connectivity index (χ3v) is 6.31. The molecule has 32 heavy (non-hydrogen) atoms. The Bertz CT molecular complexity index is 306. The van der Waals surface area contributed by atoms with Crippen LogP contribution in [0.3, 0.4) is 0 Å². The summed E-state index contributed by atoms with van der Waals surface area (Å²) < 4.78 is 0. The lowest BCUT2D eigenvalue weighted by molar-refractivity contribution is -0.136. The average molecular weight is 457 g/mol. The molecular weight excluding hydrogens is 396 g/mol. The van der Waals surface area contributed by atoms with E-state index < -0.39 is 5.97 Å². The van der Waals surface area contributed by atoms with E-state index >= 15 is 0 Å². The fraction of sp³-hybridized carbons (Fsp3) is 0.966. The first kappa shape index (κ1) is 33.6. The van der Waals surface area contributed by atoms with Crippen molar-refractivity contribution in [2.24, 2.45) is 0 Å². The quantitative estimate of drug-likeness (QED) is 0.134. The molecule has 0 spiro atoms. The smallest absolute Gasteiger partial charge is 0.303 e. The first-order chi connectivity index (χ1) is 15.7. The lowest BCUT2D eigenvalue weighted by atomic mass is 10.0. The molecule has 0 amide bonds. The SMILES string of the molecule is CCC(=O)O.CCCCCCCCCCCCCCCCCCCCCCCCCCO. The van der Waals surface area contributed by atoms with Crippen molar-refractivity contribution in [2.45, 2.75) is 174 Å². The molecule has 3 nitrogen and oxygen atoms in total. The van der Waals surface area contributed by atoms with Gasteiger partial charge in [0.2, 0.25) is 0 Å². The summed E-state index contributed by atoms with van der Waals surface area (Å²) in [6.07, 6.45) is 34.3. The molecular formula is C29H60O3. The molecule has 0 atom stereocenters. The van der Waals surface area contributed by atoms with Gasteiger partial charge in [0.1, 0.15) is 0 Å². The summed E-state index contributed by atoms with van der Waals surface area (Å²) in [5.74, 6) is -0.745. The Morgan fingerprint density at radius 1 is 0.438 bits per heavy atom. The van der Waals surface area contributed by atoms with Gasteiger partial charge in [0, 0.05) is 13.0 Å². The highest BCUT2D eigenvalue weighted by Crippen LogP contribution is 2.15. The maximum atomic E-state index is 9.37. The summed E-state index contributed by atoms with van der Waals surface area (Å²) in [6.45, 7) is 4.27. The van der Waals surface area contributed by atoms with Gasteiger partial charge in [-0.15, -0.1) is 0 Å². The fourth-order valence-corrected chi connectivity index (χ4v) is 4.07. The van der Waals surface area contributed by atoms with Crippen LogP contribution in [-0.4, -0.2) is 22.8 Å². The molecule has 0 saturated heterocycles. The maximum Gasteiger partial charge on any atom is 0.303 e. The molecule has 194 valence electrons. The van der Waals surface area contributed by atoms with E-state index in [-0.39, 0.29) is 6.42 Å². The van der Waals surface area contributed by atoms with Gasteiger partial charge in [0.25, 0.3) is 0 Å². The summed E-state index contributed by atoms with van der Waals surface area (Å²) in [6, 6.07) is 0. The lowest BCUT2D eigenvalue weighted by Crippen LogP contribution is -1.86. The van der Waals surface area contributed by atoms with Gasteiger partial charge < -0.3 is 10.2 Å². The van der Waals surface area contributed by atoms with Crippen LogP contribution in [0.4, 0.5) is 0 Å².